The van der Waals surface area contributed by atoms with Crippen molar-refractivity contribution in [3.05, 3.63) is 55.5 Å². The third kappa shape index (κ3) is 8.35. The maximum Gasteiger partial charge on any atom is 0.322 e. The number of ketones is 1. The molecule has 9 nitrogen and oxygen atoms in total. The molecule has 0 fully saturated rings. The number of benzene rings is 2. The summed E-state index contributed by atoms with van der Waals surface area (Å²) in [5.74, 6) is -0.991. The minimum Gasteiger partial charge on any atom is -0.480 e. The molecule has 0 saturated heterocycles. The van der Waals surface area contributed by atoms with Crippen molar-refractivity contribution in [2.75, 3.05) is 29.5 Å². The van der Waals surface area contributed by atoms with Crippen molar-refractivity contribution >= 4 is 66.4 Å². The van der Waals surface area contributed by atoms with E-state index < -0.39 is 10.9 Å². The average molecular weight is 518 g/mol. The molecule has 0 saturated carbocycles. The van der Waals surface area contributed by atoms with Gasteiger partial charge in [-0.3, -0.25) is 19.7 Å². The van der Waals surface area contributed by atoms with Gasteiger partial charge in [-0.05, 0) is 37.3 Å². The molecule has 0 aliphatic heterocycles. The standard InChI is InChI=1S/C9H9BrN2O3.C8H9BrN2O2/c1-6(13)5-11-8-3-2-7(10)4-9(8)12(14)15;9-5-1-2-7(6(10)3-5)11-4-8(12)13/h2-4,11H,5H2,1H3;1-3,11H,4,10H2,(H,12,13). The zero-order valence-corrected chi connectivity index (χ0v) is 17.9. The van der Waals surface area contributed by atoms with Crippen LogP contribution in [0.15, 0.2) is 45.3 Å². The lowest BCUT2D eigenvalue weighted by atomic mass is 10.2. The molecule has 0 spiro atoms. The van der Waals surface area contributed by atoms with E-state index in [-0.39, 0.29) is 24.6 Å². The number of nitro benzene ring substituents is 1. The van der Waals surface area contributed by atoms with Gasteiger partial charge in [-0.25, -0.2) is 0 Å². The van der Waals surface area contributed by atoms with Crippen molar-refractivity contribution in [3.8, 4) is 0 Å². The number of carbonyl (C=O) groups excluding carboxylic acids is 1. The molecule has 0 aliphatic rings. The highest BCUT2D eigenvalue weighted by Gasteiger charge is 2.13. The number of hydrogen-bond donors (Lipinski definition) is 4. The van der Waals surface area contributed by atoms with Gasteiger partial charge in [0.05, 0.1) is 22.8 Å². The van der Waals surface area contributed by atoms with Crippen molar-refractivity contribution in [1.82, 2.24) is 0 Å². The van der Waals surface area contributed by atoms with Crippen LogP contribution in [-0.2, 0) is 9.59 Å². The Balaban J connectivity index is 0.000000283. The molecular formula is C17H18Br2N4O5. The van der Waals surface area contributed by atoms with Crippen molar-refractivity contribution in [2.45, 2.75) is 6.92 Å². The molecule has 0 amide bonds. The highest BCUT2D eigenvalue weighted by molar-refractivity contribution is 9.10. The van der Waals surface area contributed by atoms with Gasteiger partial charge in [-0.1, -0.05) is 31.9 Å². The van der Waals surface area contributed by atoms with Crippen LogP contribution >= 0.6 is 31.9 Å². The zero-order valence-electron chi connectivity index (χ0n) is 14.7. The van der Waals surface area contributed by atoms with Gasteiger partial charge in [0.1, 0.15) is 18.0 Å². The summed E-state index contributed by atoms with van der Waals surface area (Å²) in [6.45, 7) is 1.37. The SMILES string of the molecule is CC(=O)CNc1ccc(Br)cc1[N+](=O)[O-].Nc1cc(Br)ccc1NCC(=O)O. The van der Waals surface area contributed by atoms with E-state index in [4.69, 9.17) is 10.8 Å². The van der Waals surface area contributed by atoms with E-state index in [1.54, 1.807) is 30.3 Å². The molecule has 5 N–H and O–H groups in total. The number of anilines is 3. The number of Topliss-reactive ketones (excluding diaryl/α,β-unsaturated/α-hetero) is 1. The lowest BCUT2D eigenvalue weighted by Crippen LogP contribution is -2.13. The van der Waals surface area contributed by atoms with Crippen molar-refractivity contribution in [1.29, 1.82) is 0 Å². The number of nitrogen functional groups attached to an aromatic ring is 1. The first kappa shape index (κ1) is 23.4. The fourth-order valence-electron chi connectivity index (χ4n) is 1.89. The Labute approximate surface area is 177 Å². The van der Waals surface area contributed by atoms with Crippen LogP contribution < -0.4 is 16.4 Å². The summed E-state index contributed by atoms with van der Waals surface area (Å²) in [7, 11) is 0. The highest BCUT2D eigenvalue weighted by atomic mass is 79.9. The molecule has 0 aliphatic carbocycles. The Morgan fingerprint density at radius 2 is 1.61 bits per heavy atom. The van der Waals surface area contributed by atoms with E-state index in [1.807, 2.05) is 0 Å². The fraction of sp³-hybridized carbons (Fsp3) is 0.176. The van der Waals surface area contributed by atoms with Gasteiger partial charge in [0, 0.05) is 15.0 Å². The monoisotopic (exact) mass is 516 g/mol. The first-order valence-electron chi connectivity index (χ1n) is 7.78. The van der Waals surface area contributed by atoms with E-state index >= 15 is 0 Å². The van der Waals surface area contributed by atoms with Crippen LogP contribution in [0.25, 0.3) is 0 Å². The Hall–Kier alpha value is -2.66. The molecule has 0 bridgehead atoms. The van der Waals surface area contributed by atoms with E-state index in [9.17, 15) is 19.7 Å². The van der Waals surface area contributed by atoms with Gasteiger partial charge in [0.2, 0.25) is 0 Å². The minimum absolute atomic E-state index is 0.0503. The highest BCUT2D eigenvalue weighted by Crippen LogP contribution is 2.27. The smallest absolute Gasteiger partial charge is 0.322 e. The van der Waals surface area contributed by atoms with Crippen molar-refractivity contribution < 1.29 is 19.6 Å². The van der Waals surface area contributed by atoms with E-state index in [1.165, 1.54) is 13.0 Å². The Kier molecular flexibility index (Phi) is 9.39. The number of rotatable bonds is 7. The Morgan fingerprint density at radius 1 is 1.07 bits per heavy atom. The molecule has 0 radical (unpaired) electrons. The molecule has 11 heteroatoms. The number of hydrogen-bond acceptors (Lipinski definition) is 7. The summed E-state index contributed by atoms with van der Waals surface area (Å²) in [5.41, 5.74) is 7.07. The third-order valence-corrected chi connectivity index (χ3v) is 4.11. The van der Waals surface area contributed by atoms with Crippen LogP contribution in [0.2, 0.25) is 0 Å². The van der Waals surface area contributed by atoms with Crippen LogP contribution in [0.5, 0.6) is 0 Å². The topological polar surface area (TPSA) is 148 Å². The van der Waals surface area contributed by atoms with Crippen LogP contribution in [0, 0.1) is 10.1 Å². The molecule has 2 aromatic rings. The quantitative estimate of drug-likeness (QED) is 0.245. The third-order valence-electron chi connectivity index (χ3n) is 3.13. The van der Waals surface area contributed by atoms with Crippen LogP contribution in [0.1, 0.15) is 6.92 Å². The molecule has 0 heterocycles. The molecule has 150 valence electrons. The Bertz CT molecular complexity index is 877. The van der Waals surface area contributed by atoms with Crippen LogP contribution in [-0.4, -0.2) is 34.9 Å². The van der Waals surface area contributed by atoms with Gasteiger partial charge >= 0.3 is 5.97 Å². The first-order chi connectivity index (χ1) is 13.1. The summed E-state index contributed by atoms with van der Waals surface area (Å²) < 4.78 is 1.49. The molecule has 2 rings (SSSR count). The number of halogens is 2. The average Bonchev–Trinajstić information content (AvgIpc) is 2.60. The fourth-order valence-corrected chi connectivity index (χ4v) is 2.62. The summed E-state index contributed by atoms with van der Waals surface area (Å²) in [5, 5.41) is 24.5. The second-order valence-electron chi connectivity index (χ2n) is 5.45. The van der Waals surface area contributed by atoms with Crippen molar-refractivity contribution in [2.24, 2.45) is 0 Å². The number of carboxylic acids is 1. The van der Waals surface area contributed by atoms with Gasteiger partial charge < -0.3 is 21.5 Å². The zero-order chi connectivity index (χ0) is 21.3. The number of aliphatic carboxylic acids is 1. The lowest BCUT2D eigenvalue weighted by Gasteiger charge is -2.06. The number of nitro groups is 1. The Morgan fingerprint density at radius 3 is 2.11 bits per heavy atom. The summed E-state index contributed by atoms with van der Waals surface area (Å²) in [6, 6.07) is 9.86. The lowest BCUT2D eigenvalue weighted by molar-refractivity contribution is -0.384. The predicted molar refractivity (Wildman–Crippen MR) is 115 cm³/mol. The molecule has 0 unspecified atom stereocenters. The van der Waals surface area contributed by atoms with Crippen LogP contribution in [0.3, 0.4) is 0 Å². The summed E-state index contributed by atoms with van der Waals surface area (Å²) in [6.07, 6.45) is 0. The van der Waals surface area contributed by atoms with Gasteiger partial charge in [-0.15, -0.1) is 0 Å². The molecule has 0 aromatic heterocycles. The van der Waals surface area contributed by atoms with Crippen molar-refractivity contribution in [3.63, 3.8) is 0 Å². The van der Waals surface area contributed by atoms with Gasteiger partial charge in [0.25, 0.3) is 5.69 Å². The minimum atomic E-state index is -0.915. The van der Waals surface area contributed by atoms with Crippen LogP contribution in [0.4, 0.5) is 22.7 Å². The normalized spacial score (nSPS) is 9.68. The number of carbonyl (C=O) groups is 2. The number of nitrogens with two attached hydrogens (primary N) is 1. The maximum atomic E-state index is 10.7. The molecular weight excluding hydrogens is 500 g/mol. The summed E-state index contributed by atoms with van der Waals surface area (Å²) in [4.78, 5) is 31.1. The maximum absolute atomic E-state index is 10.7. The molecule has 2 aromatic carbocycles. The first-order valence-corrected chi connectivity index (χ1v) is 9.36. The van der Waals surface area contributed by atoms with E-state index in [0.29, 0.717) is 21.5 Å². The summed E-state index contributed by atoms with van der Waals surface area (Å²) >= 11 is 6.40. The second-order valence-corrected chi connectivity index (χ2v) is 7.28. The number of carboxylic acid groups (broad SMARTS) is 1. The predicted octanol–water partition coefficient (Wildman–Crippen LogP) is 3.89. The number of nitrogens with one attached hydrogen (secondary N) is 2. The molecule has 0 atom stereocenters. The largest absolute Gasteiger partial charge is 0.480 e. The van der Waals surface area contributed by atoms with E-state index in [2.05, 4.69) is 42.5 Å². The number of nitrogens with zero attached hydrogens (tertiary/aromatic N) is 1. The van der Waals surface area contributed by atoms with E-state index in [0.717, 1.165) is 4.47 Å². The van der Waals surface area contributed by atoms with Gasteiger partial charge in [0.15, 0.2) is 0 Å². The molecule has 28 heavy (non-hydrogen) atoms. The van der Waals surface area contributed by atoms with Gasteiger partial charge in [-0.2, -0.15) is 0 Å². The second kappa shape index (κ2) is 11.2.